The number of alkyl halides is 2. The summed E-state index contributed by atoms with van der Waals surface area (Å²) in [5.74, 6) is 0.127. The standard InChI is InChI=1S/C20H22F2N2O3S/c1-14-4-3-5-16(10-14)23-18(25)12-28-13-19(26)24(2)11-15-6-8-17(9-7-15)27-20(21)22/h3-10,20H,11-13H2,1-2H3,(H,23,25). The zero-order valence-corrected chi connectivity index (χ0v) is 16.5. The number of rotatable bonds is 9. The molecule has 2 aromatic carbocycles. The molecule has 5 nitrogen and oxygen atoms in total. The predicted molar refractivity (Wildman–Crippen MR) is 107 cm³/mol. The molecular weight excluding hydrogens is 386 g/mol. The molecule has 1 N–H and O–H groups in total. The van der Waals surface area contributed by atoms with Crippen molar-refractivity contribution in [1.29, 1.82) is 0 Å². The van der Waals surface area contributed by atoms with Crippen LogP contribution in [-0.4, -0.2) is 41.9 Å². The van der Waals surface area contributed by atoms with E-state index in [1.807, 2.05) is 31.2 Å². The van der Waals surface area contributed by atoms with Gasteiger partial charge in [-0.3, -0.25) is 9.59 Å². The zero-order valence-electron chi connectivity index (χ0n) is 15.7. The topological polar surface area (TPSA) is 58.6 Å². The number of aryl methyl sites for hydroxylation is 1. The number of carbonyl (C=O) groups is 2. The number of nitrogens with zero attached hydrogens (tertiary/aromatic N) is 1. The van der Waals surface area contributed by atoms with Gasteiger partial charge in [0.05, 0.1) is 11.5 Å². The van der Waals surface area contributed by atoms with Crippen molar-refractivity contribution in [1.82, 2.24) is 4.90 Å². The van der Waals surface area contributed by atoms with Gasteiger partial charge in [-0.15, -0.1) is 11.8 Å². The lowest BCUT2D eigenvalue weighted by Crippen LogP contribution is -2.28. The SMILES string of the molecule is Cc1cccc(NC(=O)CSCC(=O)N(C)Cc2ccc(OC(F)F)cc2)c1. The van der Waals surface area contributed by atoms with E-state index in [0.717, 1.165) is 16.8 Å². The third-order valence-corrected chi connectivity index (χ3v) is 4.67. The zero-order chi connectivity index (χ0) is 20.5. The second-order valence-corrected chi connectivity index (χ2v) is 7.17. The van der Waals surface area contributed by atoms with Crippen molar-refractivity contribution in [2.45, 2.75) is 20.1 Å². The van der Waals surface area contributed by atoms with E-state index >= 15 is 0 Å². The summed E-state index contributed by atoms with van der Waals surface area (Å²) in [6.45, 7) is -0.586. The fourth-order valence-electron chi connectivity index (χ4n) is 2.40. The molecule has 0 atom stereocenters. The highest BCUT2D eigenvalue weighted by molar-refractivity contribution is 8.00. The molecule has 0 heterocycles. The number of thioether (sulfide) groups is 1. The maximum Gasteiger partial charge on any atom is 0.387 e. The Labute approximate surface area is 167 Å². The first kappa shape index (κ1) is 21.7. The largest absolute Gasteiger partial charge is 0.435 e. The molecule has 0 saturated carbocycles. The van der Waals surface area contributed by atoms with Crippen LogP contribution in [0.5, 0.6) is 5.75 Å². The van der Waals surface area contributed by atoms with Gasteiger partial charge in [0.25, 0.3) is 0 Å². The normalized spacial score (nSPS) is 10.6. The molecule has 0 aliphatic carbocycles. The van der Waals surface area contributed by atoms with E-state index in [1.165, 1.54) is 28.8 Å². The number of ether oxygens (including phenoxy) is 1. The number of hydrogen-bond donors (Lipinski definition) is 1. The molecule has 0 aromatic heterocycles. The van der Waals surface area contributed by atoms with Gasteiger partial charge in [-0.25, -0.2) is 0 Å². The van der Waals surface area contributed by atoms with E-state index in [0.29, 0.717) is 6.54 Å². The van der Waals surface area contributed by atoms with Crippen LogP contribution in [-0.2, 0) is 16.1 Å². The molecule has 0 bridgehead atoms. The number of benzene rings is 2. The van der Waals surface area contributed by atoms with Crippen LogP contribution in [0.1, 0.15) is 11.1 Å². The van der Waals surface area contributed by atoms with Gasteiger partial charge >= 0.3 is 6.61 Å². The van der Waals surface area contributed by atoms with E-state index in [9.17, 15) is 18.4 Å². The minimum absolute atomic E-state index is 0.0721. The number of nitrogens with one attached hydrogen (secondary N) is 1. The molecule has 2 rings (SSSR count). The van der Waals surface area contributed by atoms with Crippen molar-refractivity contribution < 1.29 is 23.1 Å². The Bertz CT molecular complexity index is 800. The van der Waals surface area contributed by atoms with Gasteiger partial charge in [0.2, 0.25) is 11.8 Å². The molecule has 28 heavy (non-hydrogen) atoms. The molecule has 2 amide bonds. The van der Waals surface area contributed by atoms with Crippen molar-refractivity contribution in [2.24, 2.45) is 0 Å². The van der Waals surface area contributed by atoms with Crippen molar-refractivity contribution >= 4 is 29.3 Å². The number of amides is 2. The predicted octanol–water partition coefficient (Wildman–Crippen LogP) is 3.93. The highest BCUT2D eigenvalue weighted by atomic mass is 32.2. The third kappa shape index (κ3) is 7.56. The second-order valence-electron chi connectivity index (χ2n) is 6.18. The average Bonchev–Trinajstić information content (AvgIpc) is 2.62. The molecular formula is C20H22F2N2O3S. The van der Waals surface area contributed by atoms with Crippen molar-refractivity contribution in [3.8, 4) is 5.75 Å². The van der Waals surface area contributed by atoms with Crippen LogP contribution in [0.2, 0.25) is 0 Å². The van der Waals surface area contributed by atoms with Crippen molar-refractivity contribution in [3.63, 3.8) is 0 Å². The van der Waals surface area contributed by atoms with Crippen LogP contribution in [0.15, 0.2) is 48.5 Å². The van der Waals surface area contributed by atoms with Gasteiger partial charge in [0.15, 0.2) is 0 Å². The van der Waals surface area contributed by atoms with Crippen LogP contribution in [0.4, 0.5) is 14.5 Å². The molecule has 0 saturated heterocycles. The lowest BCUT2D eigenvalue weighted by atomic mass is 10.2. The van der Waals surface area contributed by atoms with Crippen LogP contribution in [0, 0.1) is 6.92 Å². The van der Waals surface area contributed by atoms with Gasteiger partial charge in [0.1, 0.15) is 5.75 Å². The van der Waals surface area contributed by atoms with Gasteiger partial charge in [-0.2, -0.15) is 8.78 Å². The van der Waals surface area contributed by atoms with E-state index in [1.54, 1.807) is 19.2 Å². The minimum atomic E-state index is -2.87. The molecule has 0 aliphatic heterocycles. The summed E-state index contributed by atoms with van der Waals surface area (Å²) in [5.41, 5.74) is 2.57. The summed E-state index contributed by atoms with van der Waals surface area (Å²) in [5, 5.41) is 2.79. The van der Waals surface area contributed by atoms with Crippen LogP contribution in [0.25, 0.3) is 0 Å². The smallest absolute Gasteiger partial charge is 0.387 e. The first-order chi connectivity index (χ1) is 13.3. The summed E-state index contributed by atoms with van der Waals surface area (Å²) in [7, 11) is 1.65. The number of carbonyl (C=O) groups excluding carboxylic acids is 2. The van der Waals surface area contributed by atoms with Crippen LogP contribution >= 0.6 is 11.8 Å². The first-order valence-electron chi connectivity index (χ1n) is 8.55. The maximum atomic E-state index is 12.2. The Kier molecular flexibility index (Phi) is 8.25. The minimum Gasteiger partial charge on any atom is -0.435 e. The van der Waals surface area contributed by atoms with Crippen molar-refractivity contribution in [2.75, 3.05) is 23.9 Å². The number of anilines is 1. The Morgan fingerprint density at radius 3 is 2.50 bits per heavy atom. The third-order valence-electron chi connectivity index (χ3n) is 3.75. The summed E-state index contributed by atoms with van der Waals surface area (Å²) >= 11 is 1.23. The van der Waals surface area contributed by atoms with E-state index in [2.05, 4.69) is 10.1 Å². The number of halogens is 2. The molecule has 0 aliphatic rings. The molecule has 8 heteroatoms. The molecule has 2 aromatic rings. The molecule has 0 fully saturated rings. The fourth-order valence-corrected chi connectivity index (χ4v) is 3.15. The van der Waals surface area contributed by atoms with Gasteiger partial charge < -0.3 is 15.0 Å². The highest BCUT2D eigenvalue weighted by Gasteiger charge is 2.12. The Balaban J connectivity index is 1.72. The second kappa shape index (κ2) is 10.7. The van der Waals surface area contributed by atoms with Gasteiger partial charge in [-0.1, -0.05) is 24.3 Å². The molecule has 150 valence electrons. The summed E-state index contributed by atoms with van der Waals surface area (Å²) < 4.78 is 28.6. The first-order valence-corrected chi connectivity index (χ1v) is 9.71. The van der Waals surface area contributed by atoms with E-state index in [-0.39, 0.29) is 29.1 Å². The number of hydrogen-bond acceptors (Lipinski definition) is 4. The van der Waals surface area contributed by atoms with E-state index < -0.39 is 6.61 Å². The molecule has 0 unspecified atom stereocenters. The molecule has 0 spiro atoms. The van der Waals surface area contributed by atoms with E-state index in [4.69, 9.17) is 0 Å². The Morgan fingerprint density at radius 2 is 1.86 bits per heavy atom. The quantitative estimate of drug-likeness (QED) is 0.683. The average molecular weight is 408 g/mol. The monoisotopic (exact) mass is 408 g/mol. The lowest BCUT2D eigenvalue weighted by molar-refractivity contribution is -0.127. The Morgan fingerprint density at radius 1 is 1.14 bits per heavy atom. The van der Waals surface area contributed by atoms with Gasteiger partial charge in [0, 0.05) is 19.3 Å². The summed E-state index contributed by atoms with van der Waals surface area (Å²) in [6.07, 6.45) is 0. The maximum absolute atomic E-state index is 12.2. The van der Waals surface area contributed by atoms with Crippen LogP contribution < -0.4 is 10.1 Å². The fraction of sp³-hybridized carbons (Fsp3) is 0.300. The molecule has 0 radical (unpaired) electrons. The van der Waals surface area contributed by atoms with Gasteiger partial charge in [-0.05, 0) is 42.3 Å². The summed E-state index contributed by atoms with van der Waals surface area (Å²) in [4.78, 5) is 25.7. The highest BCUT2D eigenvalue weighted by Crippen LogP contribution is 2.16. The lowest BCUT2D eigenvalue weighted by Gasteiger charge is -2.17. The summed E-state index contributed by atoms with van der Waals surface area (Å²) in [6, 6.07) is 13.6. The Hall–Kier alpha value is -2.61. The van der Waals surface area contributed by atoms with Crippen LogP contribution in [0.3, 0.4) is 0 Å². The van der Waals surface area contributed by atoms with Crippen molar-refractivity contribution in [3.05, 3.63) is 59.7 Å².